The summed E-state index contributed by atoms with van der Waals surface area (Å²) in [6.07, 6.45) is 2.05. The molecular weight excluding hydrogens is 600 g/mol. The Morgan fingerprint density at radius 1 is 1.02 bits per heavy atom. The van der Waals surface area contributed by atoms with Crippen LogP contribution in [0, 0.1) is 12.8 Å². The second-order valence-corrected chi connectivity index (χ2v) is 11.2. The number of ether oxygens (including phenoxy) is 3. The number of hydrogen-bond donors (Lipinski definition) is 2. The fraction of sp³-hybridized carbons (Fsp3) is 0.294. The molecule has 0 aromatic heterocycles. The average Bonchev–Trinajstić information content (AvgIpc) is 3.28. The minimum atomic E-state index is -0.760. The van der Waals surface area contributed by atoms with Crippen LogP contribution in [-0.2, 0) is 19.0 Å². The van der Waals surface area contributed by atoms with Gasteiger partial charge >= 0.3 is 5.97 Å². The number of imide groups is 1. The van der Waals surface area contributed by atoms with Crippen LogP contribution in [-0.4, -0.2) is 55.4 Å². The molecular formula is C34H33ClN2O8. The molecule has 3 aromatic rings. The van der Waals surface area contributed by atoms with E-state index in [9.17, 15) is 24.3 Å². The van der Waals surface area contributed by atoms with Crippen molar-refractivity contribution in [2.75, 3.05) is 30.5 Å². The summed E-state index contributed by atoms with van der Waals surface area (Å²) in [7, 11) is 1.32. The molecule has 0 saturated carbocycles. The van der Waals surface area contributed by atoms with Crippen molar-refractivity contribution < 1.29 is 38.5 Å². The minimum Gasteiger partial charge on any atom is -0.465 e. The summed E-state index contributed by atoms with van der Waals surface area (Å²) in [6.45, 7) is 3.90. The molecule has 2 aliphatic heterocycles. The maximum absolute atomic E-state index is 13.5. The van der Waals surface area contributed by atoms with E-state index in [1.54, 1.807) is 61.5 Å². The predicted molar refractivity (Wildman–Crippen MR) is 167 cm³/mol. The van der Waals surface area contributed by atoms with E-state index in [0.717, 1.165) is 10.5 Å². The lowest BCUT2D eigenvalue weighted by molar-refractivity contribution is -0.165. The number of hydrogen-bond acceptors (Lipinski definition) is 8. The number of nitrogens with zero attached hydrogens (tertiary/aromatic N) is 1. The number of fused-ring (bicyclic) bond motifs is 1. The van der Waals surface area contributed by atoms with Crippen LogP contribution in [0.3, 0.4) is 0 Å². The molecule has 2 N–H and O–H groups in total. The number of rotatable bonds is 10. The molecule has 0 unspecified atom stereocenters. The molecule has 0 aliphatic carbocycles. The third-order valence-corrected chi connectivity index (χ3v) is 8.13. The Balaban J connectivity index is 1.40. The first kappa shape index (κ1) is 31.9. The Morgan fingerprint density at radius 2 is 1.76 bits per heavy atom. The number of halogens is 1. The Morgan fingerprint density at radius 3 is 2.42 bits per heavy atom. The van der Waals surface area contributed by atoms with Crippen molar-refractivity contribution in [3.8, 4) is 0 Å². The molecule has 2 aliphatic rings. The number of aliphatic hydroxyl groups is 1. The van der Waals surface area contributed by atoms with E-state index in [1.807, 2.05) is 6.92 Å². The zero-order valence-electron chi connectivity index (χ0n) is 25.0. The van der Waals surface area contributed by atoms with Crippen LogP contribution in [0.5, 0.6) is 0 Å². The van der Waals surface area contributed by atoms with E-state index in [0.29, 0.717) is 47.0 Å². The highest BCUT2D eigenvalue weighted by Gasteiger charge is 2.39. The zero-order valence-corrected chi connectivity index (χ0v) is 25.8. The Labute approximate surface area is 265 Å². The zero-order chi connectivity index (χ0) is 32.2. The van der Waals surface area contributed by atoms with Gasteiger partial charge in [-0.05, 0) is 92.4 Å². The van der Waals surface area contributed by atoms with Crippen LogP contribution >= 0.6 is 11.6 Å². The first-order valence-electron chi connectivity index (χ1n) is 14.6. The molecule has 2 heterocycles. The minimum absolute atomic E-state index is 0.00972. The lowest BCUT2D eigenvalue weighted by Crippen LogP contribution is -2.37. The van der Waals surface area contributed by atoms with Crippen LogP contribution in [0.25, 0.3) is 0 Å². The van der Waals surface area contributed by atoms with Gasteiger partial charge in [0.1, 0.15) is 0 Å². The second-order valence-electron chi connectivity index (χ2n) is 10.7. The highest BCUT2D eigenvalue weighted by atomic mass is 35.5. The molecule has 45 heavy (non-hydrogen) atoms. The number of nitrogens with one attached hydrogen (secondary N) is 1. The summed E-state index contributed by atoms with van der Waals surface area (Å²) in [4.78, 5) is 52.8. The number of carbonyl (C=O) groups excluding carboxylic acids is 4. The van der Waals surface area contributed by atoms with Crippen molar-refractivity contribution in [3.63, 3.8) is 0 Å². The van der Waals surface area contributed by atoms with Crippen molar-refractivity contribution in [1.82, 2.24) is 0 Å². The number of methoxy groups -OCH3 is 1. The molecule has 3 atom stereocenters. The normalized spacial score (nSPS) is 19.1. The van der Waals surface area contributed by atoms with E-state index < -0.39 is 30.0 Å². The molecule has 0 fully saturated rings. The number of allylic oxidation sites excluding steroid dienone is 1. The van der Waals surface area contributed by atoms with Gasteiger partial charge in [-0.15, -0.1) is 0 Å². The Bertz CT molecular complexity index is 1670. The van der Waals surface area contributed by atoms with Crippen molar-refractivity contribution in [2.24, 2.45) is 5.92 Å². The van der Waals surface area contributed by atoms with Crippen molar-refractivity contribution >= 4 is 46.7 Å². The van der Waals surface area contributed by atoms with Gasteiger partial charge in [0, 0.05) is 35.8 Å². The van der Waals surface area contributed by atoms with Gasteiger partial charge in [0.15, 0.2) is 5.76 Å². The van der Waals surface area contributed by atoms with Crippen molar-refractivity contribution in [1.29, 1.82) is 0 Å². The number of anilines is 2. The fourth-order valence-electron chi connectivity index (χ4n) is 5.71. The molecule has 234 valence electrons. The highest BCUT2D eigenvalue weighted by molar-refractivity contribution is 6.37. The standard InChI is InChI=1S/C34H33ClN2O8/c1-4-44-34-25(6-5-15-38)26(20-7-9-21(10-8-20)33(42)43-3)18-29(45-34)30(39)36-23-12-14-28(19(2)16-23)37-31(40)24-13-11-22(35)17-27(24)32(37)41/h7-14,16-18,25-26,34,38H,4-6,15H2,1-3H3,(H,36,39)/t25-,26+,34+/m0/s1. The Hall–Kier alpha value is -4.51. The summed E-state index contributed by atoms with van der Waals surface area (Å²) >= 11 is 6.05. The SMILES string of the molecule is CCO[C@@H]1OC(C(=O)Nc2ccc(N3C(=O)c4ccc(Cl)cc4C3=O)c(C)c2)=C[C@H](c2ccc(C(=O)OC)cc2)[C@@H]1CCCO. The lowest BCUT2D eigenvalue weighted by Gasteiger charge is -2.37. The second kappa shape index (κ2) is 13.6. The lowest BCUT2D eigenvalue weighted by atomic mass is 9.80. The summed E-state index contributed by atoms with van der Waals surface area (Å²) in [5.41, 5.74) is 3.16. The molecule has 0 radical (unpaired) electrons. The van der Waals surface area contributed by atoms with E-state index >= 15 is 0 Å². The molecule has 0 bridgehead atoms. The van der Waals surface area contributed by atoms with Gasteiger partial charge in [0.25, 0.3) is 17.7 Å². The van der Waals surface area contributed by atoms with Gasteiger partial charge in [0.05, 0.1) is 29.5 Å². The highest BCUT2D eigenvalue weighted by Crippen LogP contribution is 2.40. The molecule has 3 amide bonds. The summed E-state index contributed by atoms with van der Waals surface area (Å²) in [6, 6.07) is 16.4. The summed E-state index contributed by atoms with van der Waals surface area (Å²) in [5, 5.41) is 12.7. The number of aryl methyl sites for hydroxylation is 1. The van der Waals surface area contributed by atoms with Crippen LogP contribution < -0.4 is 10.2 Å². The molecule has 11 heteroatoms. The van der Waals surface area contributed by atoms with E-state index in [2.05, 4.69) is 5.32 Å². The van der Waals surface area contributed by atoms with Gasteiger partial charge in [-0.25, -0.2) is 9.69 Å². The fourth-order valence-corrected chi connectivity index (χ4v) is 5.88. The number of carbonyl (C=O) groups is 4. The van der Waals surface area contributed by atoms with Gasteiger partial charge < -0.3 is 24.6 Å². The average molecular weight is 633 g/mol. The third kappa shape index (κ3) is 6.49. The monoisotopic (exact) mass is 632 g/mol. The van der Waals surface area contributed by atoms with Crippen LogP contribution in [0.15, 0.2) is 72.5 Å². The largest absolute Gasteiger partial charge is 0.465 e. The van der Waals surface area contributed by atoms with Crippen LogP contribution in [0.1, 0.15) is 67.9 Å². The first-order chi connectivity index (χ1) is 21.7. The van der Waals surface area contributed by atoms with Crippen LogP contribution in [0.2, 0.25) is 5.02 Å². The van der Waals surface area contributed by atoms with Gasteiger partial charge in [-0.3, -0.25) is 14.4 Å². The first-order valence-corrected chi connectivity index (χ1v) is 14.9. The smallest absolute Gasteiger partial charge is 0.337 e. The van der Waals surface area contributed by atoms with Gasteiger partial charge in [-0.2, -0.15) is 0 Å². The molecule has 3 aromatic carbocycles. The maximum atomic E-state index is 13.5. The molecule has 0 saturated heterocycles. The summed E-state index contributed by atoms with van der Waals surface area (Å²) < 4.78 is 16.8. The summed E-state index contributed by atoms with van der Waals surface area (Å²) in [5.74, 6) is -2.37. The van der Waals surface area contributed by atoms with E-state index in [1.165, 1.54) is 19.2 Å². The Kier molecular flexibility index (Phi) is 9.67. The topological polar surface area (TPSA) is 131 Å². The number of aliphatic hydroxyl groups excluding tert-OH is 1. The molecule has 10 nitrogen and oxygen atoms in total. The van der Waals surface area contributed by atoms with Crippen molar-refractivity contribution in [3.05, 3.63) is 105 Å². The number of benzene rings is 3. The van der Waals surface area contributed by atoms with Crippen molar-refractivity contribution in [2.45, 2.75) is 38.9 Å². The van der Waals surface area contributed by atoms with E-state index in [-0.39, 0.29) is 35.3 Å². The predicted octanol–water partition coefficient (Wildman–Crippen LogP) is 5.62. The van der Waals surface area contributed by atoms with Gasteiger partial charge in [-0.1, -0.05) is 23.7 Å². The number of esters is 1. The number of amides is 3. The quantitative estimate of drug-likeness (QED) is 0.217. The van der Waals surface area contributed by atoms with E-state index in [4.69, 9.17) is 25.8 Å². The molecule has 0 spiro atoms. The molecule has 5 rings (SSSR count). The van der Waals surface area contributed by atoms with Gasteiger partial charge in [0.2, 0.25) is 6.29 Å². The van der Waals surface area contributed by atoms with Crippen LogP contribution in [0.4, 0.5) is 11.4 Å². The third-order valence-electron chi connectivity index (χ3n) is 7.90. The maximum Gasteiger partial charge on any atom is 0.337 e.